The minimum Gasteiger partial charge on any atom is -0.325 e. The van der Waals surface area contributed by atoms with E-state index in [0.717, 1.165) is 40.1 Å². The molecule has 3 rings (SSSR count). The van der Waals surface area contributed by atoms with Gasteiger partial charge in [-0.05, 0) is 37.3 Å². The summed E-state index contributed by atoms with van der Waals surface area (Å²) in [6, 6.07) is 10.3. The Morgan fingerprint density at radius 3 is 2.62 bits per heavy atom. The minimum atomic E-state index is 0.428. The molecule has 1 aromatic carbocycles. The van der Waals surface area contributed by atoms with Crippen LogP contribution in [-0.4, -0.2) is 14.8 Å². The van der Waals surface area contributed by atoms with Crippen molar-refractivity contribution in [1.29, 1.82) is 0 Å². The second-order valence-electron chi connectivity index (χ2n) is 5.28. The van der Waals surface area contributed by atoms with Gasteiger partial charge in [0.2, 0.25) is 0 Å². The highest BCUT2D eigenvalue weighted by atomic mass is 15.3. The molecule has 0 spiro atoms. The van der Waals surface area contributed by atoms with Crippen LogP contribution in [0.5, 0.6) is 0 Å². The Labute approximate surface area is 124 Å². The molecule has 0 aliphatic carbocycles. The number of benzene rings is 1. The minimum absolute atomic E-state index is 0.428. The molecule has 0 bridgehead atoms. The quantitative estimate of drug-likeness (QED) is 0.802. The highest BCUT2D eigenvalue weighted by molar-refractivity contribution is 5.88. The maximum Gasteiger partial charge on any atom is 0.161 e. The zero-order valence-corrected chi connectivity index (χ0v) is 12.7. The number of pyridine rings is 1. The van der Waals surface area contributed by atoms with Crippen LogP contribution in [0, 0.1) is 13.8 Å². The molecule has 2 heterocycles. The van der Waals surface area contributed by atoms with Gasteiger partial charge in [0, 0.05) is 17.6 Å². The average molecular weight is 280 g/mol. The Kier molecular flexibility index (Phi) is 3.47. The summed E-state index contributed by atoms with van der Waals surface area (Å²) >= 11 is 0. The van der Waals surface area contributed by atoms with E-state index in [1.54, 1.807) is 0 Å². The lowest BCUT2D eigenvalue weighted by Gasteiger charge is -2.10. The van der Waals surface area contributed by atoms with E-state index >= 15 is 0 Å². The third kappa shape index (κ3) is 2.21. The van der Waals surface area contributed by atoms with E-state index in [1.165, 1.54) is 5.56 Å². The molecular formula is C17H20N4. The largest absolute Gasteiger partial charge is 0.325 e. The summed E-state index contributed by atoms with van der Waals surface area (Å²) in [4.78, 5) is 4.71. The van der Waals surface area contributed by atoms with Gasteiger partial charge in [-0.3, -0.25) is 0 Å². The zero-order chi connectivity index (χ0) is 15.0. The normalized spacial score (nSPS) is 11.2. The van der Waals surface area contributed by atoms with E-state index in [1.807, 2.05) is 22.9 Å². The molecule has 0 unspecified atom stereocenters. The van der Waals surface area contributed by atoms with Gasteiger partial charge in [0.15, 0.2) is 5.82 Å². The number of hydrogen-bond donors (Lipinski definition) is 1. The first-order valence-electron chi connectivity index (χ1n) is 7.30. The van der Waals surface area contributed by atoms with Crippen LogP contribution >= 0.6 is 0 Å². The number of aromatic nitrogens is 3. The zero-order valence-electron chi connectivity index (χ0n) is 12.7. The number of aryl methyl sites for hydroxylation is 1. The van der Waals surface area contributed by atoms with Gasteiger partial charge in [-0.2, -0.15) is 5.10 Å². The summed E-state index contributed by atoms with van der Waals surface area (Å²) in [6.07, 6.45) is 0.978. The van der Waals surface area contributed by atoms with Crippen LogP contribution in [0.3, 0.4) is 0 Å². The molecule has 3 aromatic rings. The first-order valence-corrected chi connectivity index (χ1v) is 7.30. The van der Waals surface area contributed by atoms with Gasteiger partial charge >= 0.3 is 0 Å². The molecular weight excluding hydrogens is 260 g/mol. The Morgan fingerprint density at radius 1 is 1.19 bits per heavy atom. The first kappa shape index (κ1) is 13.8. The fourth-order valence-electron chi connectivity index (χ4n) is 2.89. The van der Waals surface area contributed by atoms with E-state index in [9.17, 15) is 0 Å². The average Bonchev–Trinajstić information content (AvgIpc) is 2.80. The maximum atomic E-state index is 5.79. The lowest BCUT2D eigenvalue weighted by Crippen LogP contribution is -2.08. The molecule has 0 saturated carbocycles. The number of rotatable bonds is 3. The molecule has 2 N–H and O–H groups in total. The summed E-state index contributed by atoms with van der Waals surface area (Å²) in [5.74, 6) is 0.869. The molecule has 0 aliphatic rings. The fraction of sp³-hybridized carbons (Fsp3) is 0.294. The second kappa shape index (κ2) is 5.30. The van der Waals surface area contributed by atoms with Gasteiger partial charge < -0.3 is 5.73 Å². The molecule has 4 heteroatoms. The van der Waals surface area contributed by atoms with Gasteiger partial charge in [-0.1, -0.05) is 31.2 Å². The molecule has 0 aliphatic heterocycles. The van der Waals surface area contributed by atoms with E-state index in [0.29, 0.717) is 6.54 Å². The van der Waals surface area contributed by atoms with Crippen LogP contribution < -0.4 is 5.73 Å². The predicted molar refractivity (Wildman–Crippen MR) is 85.6 cm³/mol. The van der Waals surface area contributed by atoms with Crippen LogP contribution in [0.25, 0.3) is 16.6 Å². The van der Waals surface area contributed by atoms with Gasteiger partial charge in [-0.15, -0.1) is 0 Å². The summed E-state index contributed by atoms with van der Waals surface area (Å²) in [5, 5.41) is 6.94. The molecule has 0 fully saturated rings. The van der Waals surface area contributed by atoms with Crippen LogP contribution in [0.4, 0.5) is 0 Å². The van der Waals surface area contributed by atoms with Crippen LogP contribution in [-0.2, 0) is 13.0 Å². The third-order valence-corrected chi connectivity index (χ3v) is 3.98. The van der Waals surface area contributed by atoms with E-state index in [2.05, 4.69) is 32.9 Å². The Hall–Kier alpha value is -2.20. The summed E-state index contributed by atoms with van der Waals surface area (Å²) in [6.45, 7) is 6.74. The molecule has 4 nitrogen and oxygen atoms in total. The number of nitrogens with zero attached hydrogens (tertiary/aromatic N) is 3. The molecule has 108 valence electrons. The van der Waals surface area contributed by atoms with Gasteiger partial charge in [0.05, 0.1) is 11.4 Å². The predicted octanol–water partition coefficient (Wildman–Crippen LogP) is 3.06. The van der Waals surface area contributed by atoms with Gasteiger partial charge in [0.1, 0.15) is 0 Å². The van der Waals surface area contributed by atoms with Crippen molar-refractivity contribution in [3.63, 3.8) is 0 Å². The van der Waals surface area contributed by atoms with Crippen molar-refractivity contribution in [2.75, 3.05) is 0 Å². The van der Waals surface area contributed by atoms with Crippen molar-refractivity contribution in [3.8, 4) is 5.82 Å². The van der Waals surface area contributed by atoms with Crippen molar-refractivity contribution in [3.05, 3.63) is 53.0 Å². The SMILES string of the molecule is CCc1c(C)nn(-c2nc(CN)cc3ccccc23)c1C. The Morgan fingerprint density at radius 2 is 1.95 bits per heavy atom. The second-order valence-corrected chi connectivity index (χ2v) is 5.28. The maximum absolute atomic E-state index is 5.79. The van der Waals surface area contributed by atoms with Crippen LogP contribution in [0.15, 0.2) is 30.3 Å². The monoisotopic (exact) mass is 280 g/mol. The van der Waals surface area contributed by atoms with E-state index in [4.69, 9.17) is 15.8 Å². The van der Waals surface area contributed by atoms with Crippen LogP contribution in [0.1, 0.15) is 29.6 Å². The molecule has 0 atom stereocenters. The number of fused-ring (bicyclic) bond motifs is 1. The first-order chi connectivity index (χ1) is 10.2. The molecule has 0 amide bonds. The summed E-state index contributed by atoms with van der Waals surface area (Å²) in [7, 11) is 0. The van der Waals surface area contributed by atoms with Crippen molar-refractivity contribution in [2.45, 2.75) is 33.7 Å². The van der Waals surface area contributed by atoms with Gasteiger partial charge in [0.25, 0.3) is 0 Å². The summed E-state index contributed by atoms with van der Waals surface area (Å²) in [5.41, 5.74) is 10.2. The van der Waals surface area contributed by atoms with Crippen LogP contribution in [0.2, 0.25) is 0 Å². The van der Waals surface area contributed by atoms with Gasteiger partial charge in [-0.25, -0.2) is 9.67 Å². The number of nitrogens with two attached hydrogens (primary N) is 1. The molecule has 0 radical (unpaired) electrons. The highest BCUT2D eigenvalue weighted by Gasteiger charge is 2.15. The lowest BCUT2D eigenvalue weighted by atomic mass is 10.1. The topological polar surface area (TPSA) is 56.7 Å². The molecule has 2 aromatic heterocycles. The van der Waals surface area contributed by atoms with Crippen molar-refractivity contribution < 1.29 is 0 Å². The van der Waals surface area contributed by atoms with E-state index < -0.39 is 0 Å². The Balaban J connectivity index is 2.34. The molecule has 0 saturated heterocycles. The highest BCUT2D eigenvalue weighted by Crippen LogP contribution is 2.24. The third-order valence-electron chi connectivity index (χ3n) is 3.98. The smallest absolute Gasteiger partial charge is 0.161 e. The number of hydrogen-bond acceptors (Lipinski definition) is 3. The van der Waals surface area contributed by atoms with Crippen molar-refractivity contribution >= 4 is 10.8 Å². The molecule has 21 heavy (non-hydrogen) atoms. The lowest BCUT2D eigenvalue weighted by molar-refractivity contribution is 0.801. The van der Waals surface area contributed by atoms with E-state index in [-0.39, 0.29) is 0 Å². The Bertz CT molecular complexity index is 802. The van der Waals surface area contributed by atoms with Crippen molar-refractivity contribution in [2.24, 2.45) is 5.73 Å². The standard InChI is InChI=1S/C17H20N4/c1-4-15-11(2)20-21(12(15)3)17-16-8-6-5-7-13(16)9-14(10-18)19-17/h5-9H,4,10,18H2,1-3H3. The van der Waals surface area contributed by atoms with Crippen molar-refractivity contribution in [1.82, 2.24) is 14.8 Å². The fourth-order valence-corrected chi connectivity index (χ4v) is 2.89. The summed E-state index contributed by atoms with van der Waals surface area (Å²) < 4.78 is 1.95.